The van der Waals surface area contributed by atoms with Gasteiger partial charge in [-0.25, -0.2) is 9.37 Å². The zero-order chi connectivity index (χ0) is 22.5. The number of hydrogen-bond donors (Lipinski definition) is 1. The summed E-state index contributed by atoms with van der Waals surface area (Å²) in [4.78, 5) is 17.3. The van der Waals surface area contributed by atoms with Crippen molar-refractivity contribution in [1.29, 1.82) is 0 Å². The van der Waals surface area contributed by atoms with Crippen LogP contribution in [0.3, 0.4) is 0 Å². The largest absolute Gasteiger partial charge is 0.497 e. The second-order valence-electron chi connectivity index (χ2n) is 7.08. The Labute approximate surface area is 184 Å². The van der Waals surface area contributed by atoms with E-state index in [9.17, 15) is 9.18 Å². The number of aryl methyl sites for hydroxylation is 1. The molecule has 1 N–H and O–H groups in total. The maximum absolute atomic E-state index is 13.0. The molecule has 2 aromatic heterocycles. The Hall–Kier alpha value is -4.07. The van der Waals surface area contributed by atoms with Crippen LogP contribution in [-0.4, -0.2) is 22.6 Å². The van der Waals surface area contributed by atoms with Crippen LogP contribution >= 0.6 is 0 Å². The monoisotopic (exact) mass is 435 g/mol. The van der Waals surface area contributed by atoms with Crippen molar-refractivity contribution in [2.45, 2.75) is 12.6 Å². The summed E-state index contributed by atoms with van der Waals surface area (Å²) in [6.07, 6.45) is 3.49. The SMILES string of the molecule is COc1ccc(C(NC(=O)c2ccc(COc3ccc(F)cc3)o2)c2nccn2C)cc1. The number of benzene rings is 2. The quantitative estimate of drug-likeness (QED) is 0.447. The maximum Gasteiger partial charge on any atom is 0.287 e. The molecule has 0 aliphatic carbocycles. The highest BCUT2D eigenvalue weighted by Crippen LogP contribution is 2.24. The van der Waals surface area contributed by atoms with E-state index in [1.54, 1.807) is 25.4 Å². The summed E-state index contributed by atoms with van der Waals surface area (Å²) in [5.41, 5.74) is 0.847. The molecule has 0 radical (unpaired) electrons. The molecule has 0 aliphatic rings. The lowest BCUT2D eigenvalue weighted by Crippen LogP contribution is -2.30. The van der Waals surface area contributed by atoms with Crippen molar-refractivity contribution in [2.75, 3.05) is 7.11 Å². The summed E-state index contributed by atoms with van der Waals surface area (Å²) in [6.45, 7) is 0.111. The van der Waals surface area contributed by atoms with Crippen LogP contribution in [0, 0.1) is 5.82 Å². The summed E-state index contributed by atoms with van der Waals surface area (Å²) in [5.74, 6) is 1.79. The lowest BCUT2D eigenvalue weighted by atomic mass is 10.1. The summed E-state index contributed by atoms with van der Waals surface area (Å²) in [6, 6.07) is 15.9. The third kappa shape index (κ3) is 4.80. The van der Waals surface area contributed by atoms with Crippen molar-refractivity contribution < 1.29 is 23.1 Å². The highest BCUT2D eigenvalue weighted by Gasteiger charge is 2.23. The van der Waals surface area contributed by atoms with Crippen LogP contribution in [0.4, 0.5) is 4.39 Å². The molecule has 4 aromatic rings. The number of imidazole rings is 1. The minimum atomic E-state index is -0.488. The number of rotatable bonds is 8. The molecule has 4 rings (SSSR count). The van der Waals surface area contributed by atoms with E-state index in [1.165, 1.54) is 24.3 Å². The predicted molar refractivity (Wildman–Crippen MR) is 115 cm³/mol. The Morgan fingerprint density at radius 2 is 1.81 bits per heavy atom. The molecule has 7 nitrogen and oxygen atoms in total. The molecule has 0 saturated heterocycles. The Morgan fingerprint density at radius 1 is 1.09 bits per heavy atom. The third-order valence-electron chi connectivity index (χ3n) is 4.92. The molecule has 0 bridgehead atoms. The highest BCUT2D eigenvalue weighted by atomic mass is 19.1. The van der Waals surface area contributed by atoms with E-state index in [0.29, 0.717) is 17.3 Å². The minimum absolute atomic E-state index is 0.111. The van der Waals surface area contributed by atoms with Crippen molar-refractivity contribution in [2.24, 2.45) is 7.05 Å². The number of hydrogen-bond acceptors (Lipinski definition) is 5. The van der Waals surface area contributed by atoms with Crippen LogP contribution in [-0.2, 0) is 13.7 Å². The molecule has 8 heteroatoms. The molecule has 2 aromatic carbocycles. The van der Waals surface area contributed by atoms with Gasteiger partial charge < -0.3 is 23.8 Å². The highest BCUT2D eigenvalue weighted by molar-refractivity contribution is 5.92. The number of carbonyl (C=O) groups excluding carboxylic acids is 1. The summed E-state index contributed by atoms with van der Waals surface area (Å²) < 4.78 is 31.3. The smallest absolute Gasteiger partial charge is 0.287 e. The van der Waals surface area contributed by atoms with Crippen molar-refractivity contribution in [3.8, 4) is 11.5 Å². The lowest BCUT2D eigenvalue weighted by molar-refractivity contribution is 0.0909. The van der Waals surface area contributed by atoms with E-state index < -0.39 is 6.04 Å². The first-order valence-corrected chi connectivity index (χ1v) is 9.92. The summed E-state index contributed by atoms with van der Waals surface area (Å²) >= 11 is 0. The molecule has 1 atom stereocenters. The van der Waals surface area contributed by atoms with Gasteiger partial charge in [-0.1, -0.05) is 12.1 Å². The molecule has 1 unspecified atom stereocenters. The van der Waals surface area contributed by atoms with E-state index in [-0.39, 0.29) is 24.1 Å². The molecular weight excluding hydrogens is 413 g/mol. The molecule has 0 aliphatic heterocycles. The zero-order valence-corrected chi connectivity index (χ0v) is 17.6. The first kappa shape index (κ1) is 21.2. The Bertz CT molecular complexity index is 1180. The van der Waals surface area contributed by atoms with Gasteiger partial charge in [0, 0.05) is 19.4 Å². The van der Waals surface area contributed by atoms with Gasteiger partial charge in [0.05, 0.1) is 7.11 Å². The maximum atomic E-state index is 13.0. The van der Waals surface area contributed by atoms with E-state index in [2.05, 4.69) is 10.3 Å². The topological polar surface area (TPSA) is 78.5 Å². The average molecular weight is 435 g/mol. The molecule has 0 fully saturated rings. The van der Waals surface area contributed by atoms with Gasteiger partial charge in [-0.15, -0.1) is 0 Å². The number of furan rings is 1. The first-order valence-electron chi connectivity index (χ1n) is 9.92. The minimum Gasteiger partial charge on any atom is -0.497 e. The Morgan fingerprint density at radius 3 is 2.47 bits per heavy atom. The molecule has 0 saturated carbocycles. The zero-order valence-electron chi connectivity index (χ0n) is 17.6. The predicted octanol–water partition coefficient (Wildman–Crippen LogP) is 4.26. The van der Waals surface area contributed by atoms with E-state index in [1.807, 2.05) is 42.1 Å². The lowest BCUT2D eigenvalue weighted by Gasteiger charge is -2.19. The van der Waals surface area contributed by atoms with Gasteiger partial charge in [-0.05, 0) is 54.1 Å². The Balaban J connectivity index is 1.48. The van der Waals surface area contributed by atoms with Gasteiger partial charge in [0.15, 0.2) is 5.76 Å². The molecular formula is C24H22FN3O4. The van der Waals surface area contributed by atoms with Gasteiger partial charge in [0.25, 0.3) is 5.91 Å². The molecule has 1 amide bonds. The molecule has 32 heavy (non-hydrogen) atoms. The third-order valence-corrected chi connectivity index (χ3v) is 4.92. The van der Waals surface area contributed by atoms with E-state index in [0.717, 1.165) is 11.3 Å². The fraction of sp³-hybridized carbons (Fsp3) is 0.167. The number of methoxy groups -OCH3 is 1. The number of nitrogens with zero attached hydrogens (tertiary/aromatic N) is 2. The van der Waals surface area contributed by atoms with Gasteiger partial charge in [0.2, 0.25) is 0 Å². The summed E-state index contributed by atoms with van der Waals surface area (Å²) in [5, 5.41) is 2.98. The second-order valence-corrected chi connectivity index (χ2v) is 7.08. The molecule has 2 heterocycles. The number of ether oxygens (including phenoxy) is 2. The molecule has 0 spiro atoms. The van der Waals surface area contributed by atoms with Gasteiger partial charge >= 0.3 is 0 Å². The first-order chi connectivity index (χ1) is 15.5. The normalized spacial score (nSPS) is 11.7. The van der Waals surface area contributed by atoms with Crippen molar-refractivity contribution >= 4 is 5.91 Å². The van der Waals surface area contributed by atoms with Crippen LogP contribution in [0.5, 0.6) is 11.5 Å². The number of aromatic nitrogens is 2. The van der Waals surface area contributed by atoms with Gasteiger partial charge in [0.1, 0.15) is 41.5 Å². The fourth-order valence-electron chi connectivity index (χ4n) is 3.21. The van der Waals surface area contributed by atoms with Crippen molar-refractivity contribution in [3.63, 3.8) is 0 Å². The fourth-order valence-corrected chi connectivity index (χ4v) is 3.21. The Kier molecular flexibility index (Phi) is 6.21. The van der Waals surface area contributed by atoms with Crippen molar-refractivity contribution in [1.82, 2.24) is 14.9 Å². The summed E-state index contributed by atoms with van der Waals surface area (Å²) in [7, 11) is 3.46. The number of carbonyl (C=O) groups is 1. The second kappa shape index (κ2) is 9.38. The van der Waals surface area contributed by atoms with Gasteiger partial charge in [-0.3, -0.25) is 4.79 Å². The number of amides is 1. The average Bonchev–Trinajstić information content (AvgIpc) is 3.46. The van der Waals surface area contributed by atoms with Crippen molar-refractivity contribution in [3.05, 3.63) is 102 Å². The van der Waals surface area contributed by atoms with Crippen LogP contribution in [0.25, 0.3) is 0 Å². The van der Waals surface area contributed by atoms with Crippen LogP contribution < -0.4 is 14.8 Å². The van der Waals surface area contributed by atoms with Crippen LogP contribution in [0.2, 0.25) is 0 Å². The number of halogens is 1. The molecule has 164 valence electrons. The van der Waals surface area contributed by atoms with E-state index in [4.69, 9.17) is 13.9 Å². The number of nitrogens with one attached hydrogen (secondary N) is 1. The van der Waals surface area contributed by atoms with Gasteiger partial charge in [-0.2, -0.15) is 0 Å². The standard InChI is InChI=1S/C24H22FN3O4/c1-28-14-13-26-23(28)22(16-3-7-18(30-2)8-4-16)27-24(29)21-12-11-20(32-21)15-31-19-9-5-17(25)6-10-19/h3-14,22H,15H2,1-2H3,(H,27,29). The van der Waals surface area contributed by atoms with Crippen LogP contribution in [0.15, 0.2) is 77.5 Å². The van der Waals surface area contributed by atoms with E-state index >= 15 is 0 Å². The van der Waals surface area contributed by atoms with Crippen LogP contribution in [0.1, 0.15) is 33.7 Å².